The lowest BCUT2D eigenvalue weighted by molar-refractivity contribution is -0.129. The van der Waals surface area contributed by atoms with Gasteiger partial charge in [0.05, 0.1) is 5.25 Å². The summed E-state index contributed by atoms with van der Waals surface area (Å²) in [4.78, 5) is 15.8. The molecule has 2 fully saturated rings. The molecule has 114 valence electrons. The highest BCUT2D eigenvalue weighted by Gasteiger charge is 2.43. The minimum absolute atomic E-state index is 0.0405. The maximum Gasteiger partial charge on any atom is 0.235 e. The Kier molecular flexibility index (Phi) is 4.62. The summed E-state index contributed by atoms with van der Waals surface area (Å²) in [7, 11) is 0. The lowest BCUT2D eigenvalue weighted by atomic mass is 9.98. The molecule has 21 heavy (non-hydrogen) atoms. The van der Waals surface area contributed by atoms with Gasteiger partial charge in [-0.05, 0) is 55.9 Å². The van der Waals surface area contributed by atoms with Crippen LogP contribution >= 0.6 is 27.7 Å². The molecule has 3 nitrogen and oxygen atoms in total. The smallest absolute Gasteiger partial charge is 0.235 e. The topological polar surface area (TPSA) is 46.3 Å². The fourth-order valence-corrected chi connectivity index (χ4v) is 4.73. The number of likely N-dealkylation sites (tertiary alicyclic amines) is 1. The lowest BCUT2D eigenvalue weighted by Crippen LogP contribution is -2.37. The zero-order chi connectivity index (χ0) is 15.0. The molecule has 1 saturated heterocycles. The van der Waals surface area contributed by atoms with E-state index in [1.54, 1.807) is 11.8 Å². The summed E-state index contributed by atoms with van der Waals surface area (Å²) in [6, 6.07) is 8.42. The molecule has 1 amide bonds. The molecule has 4 unspecified atom stereocenters. The van der Waals surface area contributed by atoms with Gasteiger partial charge in [0.25, 0.3) is 0 Å². The quantitative estimate of drug-likeness (QED) is 0.833. The maximum atomic E-state index is 12.6. The Balaban J connectivity index is 1.59. The summed E-state index contributed by atoms with van der Waals surface area (Å²) in [5.74, 6) is 1.41. The van der Waals surface area contributed by atoms with Crippen molar-refractivity contribution in [3.63, 3.8) is 0 Å². The summed E-state index contributed by atoms with van der Waals surface area (Å²) >= 11 is 5.06. The minimum atomic E-state index is -0.0405. The first-order valence-corrected chi connectivity index (χ1v) is 9.18. The molecule has 1 aromatic rings. The van der Waals surface area contributed by atoms with Crippen LogP contribution in [-0.2, 0) is 4.79 Å². The van der Waals surface area contributed by atoms with E-state index in [0.29, 0.717) is 17.9 Å². The summed E-state index contributed by atoms with van der Waals surface area (Å²) in [6.07, 6.45) is 2.31. The van der Waals surface area contributed by atoms with Gasteiger partial charge in [-0.2, -0.15) is 0 Å². The van der Waals surface area contributed by atoms with Crippen LogP contribution in [0.5, 0.6) is 0 Å². The molecule has 0 aromatic heterocycles. The maximum absolute atomic E-state index is 12.6. The van der Waals surface area contributed by atoms with Crippen molar-refractivity contribution < 1.29 is 4.79 Å². The predicted octanol–water partition coefficient (Wildman–Crippen LogP) is 3.13. The number of benzene rings is 1. The Bertz CT molecular complexity index is 522. The molecule has 3 rings (SSSR count). The zero-order valence-electron chi connectivity index (χ0n) is 12.2. The first-order chi connectivity index (χ1) is 10.0. The van der Waals surface area contributed by atoms with E-state index in [2.05, 4.69) is 15.9 Å². The van der Waals surface area contributed by atoms with E-state index < -0.39 is 0 Å². The highest BCUT2D eigenvalue weighted by atomic mass is 79.9. The molecule has 5 heteroatoms. The third-order valence-corrected chi connectivity index (χ3v) is 6.33. The number of nitrogens with two attached hydrogens (primary N) is 1. The Morgan fingerprint density at radius 2 is 2.05 bits per heavy atom. The first kappa shape index (κ1) is 15.4. The van der Waals surface area contributed by atoms with Gasteiger partial charge in [0.1, 0.15) is 0 Å². The van der Waals surface area contributed by atoms with E-state index in [0.717, 1.165) is 28.9 Å². The van der Waals surface area contributed by atoms with Gasteiger partial charge in [-0.25, -0.2) is 0 Å². The van der Waals surface area contributed by atoms with Gasteiger partial charge in [0.15, 0.2) is 0 Å². The Morgan fingerprint density at radius 1 is 1.33 bits per heavy atom. The van der Waals surface area contributed by atoms with Crippen molar-refractivity contribution in [3.05, 3.63) is 28.7 Å². The number of carbonyl (C=O) groups is 1. The van der Waals surface area contributed by atoms with Gasteiger partial charge in [-0.15, -0.1) is 11.8 Å². The second-order valence-electron chi connectivity index (χ2n) is 6.12. The van der Waals surface area contributed by atoms with Crippen LogP contribution < -0.4 is 5.73 Å². The summed E-state index contributed by atoms with van der Waals surface area (Å²) < 4.78 is 1.06. The number of hydrogen-bond donors (Lipinski definition) is 1. The molecule has 1 aliphatic heterocycles. The highest BCUT2D eigenvalue weighted by Crippen LogP contribution is 2.38. The van der Waals surface area contributed by atoms with Crippen molar-refractivity contribution in [1.29, 1.82) is 0 Å². The molecule has 0 spiro atoms. The molecular weight excluding hydrogens is 348 g/mol. The molecule has 2 aliphatic rings. The van der Waals surface area contributed by atoms with Gasteiger partial charge >= 0.3 is 0 Å². The predicted molar refractivity (Wildman–Crippen MR) is 90.2 cm³/mol. The summed E-state index contributed by atoms with van der Waals surface area (Å²) in [6.45, 7) is 3.77. The number of amides is 1. The fraction of sp³-hybridized carbons (Fsp3) is 0.562. The monoisotopic (exact) mass is 368 g/mol. The van der Waals surface area contributed by atoms with Crippen LogP contribution in [0.15, 0.2) is 33.6 Å². The Morgan fingerprint density at radius 3 is 2.71 bits per heavy atom. The molecule has 0 radical (unpaired) electrons. The van der Waals surface area contributed by atoms with Crippen LogP contribution in [0.2, 0.25) is 0 Å². The van der Waals surface area contributed by atoms with Gasteiger partial charge in [0.2, 0.25) is 5.91 Å². The molecule has 2 N–H and O–H groups in total. The van der Waals surface area contributed by atoms with Crippen LogP contribution in [0, 0.1) is 11.8 Å². The number of fused-ring (bicyclic) bond motifs is 1. The van der Waals surface area contributed by atoms with Gasteiger partial charge in [-0.1, -0.05) is 15.9 Å². The van der Waals surface area contributed by atoms with Crippen LogP contribution in [0.4, 0.5) is 0 Å². The van der Waals surface area contributed by atoms with E-state index >= 15 is 0 Å². The van der Waals surface area contributed by atoms with Gasteiger partial charge in [-0.3, -0.25) is 4.79 Å². The standard InChI is InChI=1S/C16H21BrN2OS/c1-10(21-13-5-3-12(17)4-6-13)16(20)19-8-11-2-7-15(18)14(11)9-19/h3-6,10-11,14-15H,2,7-9,18H2,1H3. The number of hydrogen-bond acceptors (Lipinski definition) is 3. The van der Waals surface area contributed by atoms with E-state index in [4.69, 9.17) is 5.73 Å². The van der Waals surface area contributed by atoms with E-state index in [9.17, 15) is 4.79 Å². The van der Waals surface area contributed by atoms with Crippen molar-refractivity contribution in [1.82, 2.24) is 4.90 Å². The minimum Gasteiger partial charge on any atom is -0.341 e. The number of rotatable bonds is 3. The average molecular weight is 369 g/mol. The van der Waals surface area contributed by atoms with Crippen molar-refractivity contribution >= 4 is 33.6 Å². The van der Waals surface area contributed by atoms with E-state index in [1.807, 2.05) is 36.1 Å². The molecule has 4 atom stereocenters. The molecule has 1 heterocycles. The van der Waals surface area contributed by atoms with Crippen LogP contribution in [0.25, 0.3) is 0 Å². The summed E-state index contributed by atoms with van der Waals surface area (Å²) in [5, 5.41) is -0.0405. The number of carbonyl (C=O) groups excluding carboxylic acids is 1. The third kappa shape index (κ3) is 3.30. The van der Waals surface area contributed by atoms with Crippen molar-refractivity contribution in [3.8, 4) is 0 Å². The van der Waals surface area contributed by atoms with Gasteiger partial charge < -0.3 is 10.6 Å². The Hall–Kier alpha value is -0.520. The lowest BCUT2D eigenvalue weighted by Gasteiger charge is -2.22. The van der Waals surface area contributed by atoms with E-state index in [-0.39, 0.29) is 11.2 Å². The SMILES string of the molecule is CC(Sc1ccc(Br)cc1)C(=O)N1CC2CCC(N)C2C1. The molecule has 0 bridgehead atoms. The van der Waals surface area contributed by atoms with Crippen LogP contribution in [-0.4, -0.2) is 35.2 Å². The third-order valence-electron chi connectivity index (χ3n) is 4.70. The Labute approximate surface area is 138 Å². The fourth-order valence-electron chi connectivity index (χ4n) is 3.51. The second-order valence-corrected chi connectivity index (χ2v) is 8.45. The van der Waals surface area contributed by atoms with E-state index in [1.165, 1.54) is 6.42 Å². The molecule has 1 aliphatic carbocycles. The number of thioether (sulfide) groups is 1. The molecule has 1 aromatic carbocycles. The molecular formula is C16H21BrN2OS. The van der Waals surface area contributed by atoms with Crippen molar-refractivity contribution in [2.24, 2.45) is 17.6 Å². The first-order valence-electron chi connectivity index (χ1n) is 7.51. The zero-order valence-corrected chi connectivity index (χ0v) is 14.6. The second kappa shape index (κ2) is 6.31. The number of nitrogens with zero attached hydrogens (tertiary/aromatic N) is 1. The van der Waals surface area contributed by atoms with Crippen LogP contribution in [0.3, 0.4) is 0 Å². The largest absolute Gasteiger partial charge is 0.341 e. The average Bonchev–Trinajstić information content (AvgIpc) is 3.03. The summed E-state index contributed by atoms with van der Waals surface area (Å²) in [5.41, 5.74) is 6.15. The van der Waals surface area contributed by atoms with Crippen LogP contribution in [0.1, 0.15) is 19.8 Å². The molecule has 1 saturated carbocycles. The van der Waals surface area contributed by atoms with Crippen molar-refractivity contribution in [2.45, 2.75) is 36.0 Å². The normalized spacial score (nSPS) is 29.5. The highest BCUT2D eigenvalue weighted by molar-refractivity contribution is 9.10. The number of halogens is 1. The van der Waals surface area contributed by atoms with Gasteiger partial charge in [0, 0.05) is 28.5 Å². The van der Waals surface area contributed by atoms with Crippen molar-refractivity contribution in [2.75, 3.05) is 13.1 Å².